The molecule has 3 aromatic rings. The average Bonchev–Trinajstić information content (AvgIpc) is 3.26. The Morgan fingerprint density at radius 3 is 2.69 bits per heavy atom. The van der Waals surface area contributed by atoms with Crippen LogP contribution in [0.25, 0.3) is 5.82 Å². The van der Waals surface area contributed by atoms with Crippen molar-refractivity contribution in [2.75, 3.05) is 13.2 Å². The Bertz CT molecular complexity index is 971. The van der Waals surface area contributed by atoms with Gasteiger partial charge >= 0.3 is 5.97 Å². The van der Waals surface area contributed by atoms with Crippen LogP contribution in [0, 0.1) is 0 Å². The molecule has 2 heterocycles. The molecule has 0 aliphatic rings. The lowest BCUT2D eigenvalue weighted by molar-refractivity contribution is -0.139. The van der Waals surface area contributed by atoms with Gasteiger partial charge in [0.25, 0.3) is 5.91 Å². The zero-order chi connectivity index (χ0) is 20.6. The maximum atomic E-state index is 12.5. The fourth-order valence-electron chi connectivity index (χ4n) is 2.53. The molecule has 3 rings (SSSR count). The highest BCUT2D eigenvalue weighted by Gasteiger charge is 2.13. The van der Waals surface area contributed by atoms with Gasteiger partial charge in [0.2, 0.25) is 0 Å². The molecule has 0 saturated carbocycles. The lowest BCUT2D eigenvalue weighted by Crippen LogP contribution is -2.23. The van der Waals surface area contributed by atoms with Gasteiger partial charge in [0.05, 0.1) is 6.61 Å². The summed E-state index contributed by atoms with van der Waals surface area (Å²) in [4.78, 5) is 31.5. The molecule has 0 saturated heterocycles. The summed E-state index contributed by atoms with van der Waals surface area (Å²) < 4.78 is 12.4. The van der Waals surface area contributed by atoms with Crippen LogP contribution < -0.4 is 14.8 Å². The molecule has 0 unspecified atom stereocenters. The molecule has 1 amide bonds. The highest BCUT2D eigenvalue weighted by atomic mass is 16.5. The molecule has 9 nitrogen and oxygen atoms in total. The third kappa shape index (κ3) is 5.32. The highest BCUT2D eigenvalue weighted by Crippen LogP contribution is 2.28. The van der Waals surface area contributed by atoms with Gasteiger partial charge in [0.1, 0.15) is 12.1 Å². The third-order valence-electron chi connectivity index (χ3n) is 3.89. The van der Waals surface area contributed by atoms with E-state index in [1.165, 1.54) is 12.1 Å². The summed E-state index contributed by atoms with van der Waals surface area (Å²) in [5.41, 5.74) is 1.22. The van der Waals surface area contributed by atoms with Gasteiger partial charge in [-0.05, 0) is 36.8 Å². The molecule has 0 bridgehead atoms. The number of imidazole rings is 1. The highest BCUT2D eigenvalue weighted by molar-refractivity contribution is 5.94. The number of carboxylic acids is 1. The predicted molar refractivity (Wildman–Crippen MR) is 103 cm³/mol. The number of pyridine rings is 1. The van der Waals surface area contributed by atoms with Crippen molar-refractivity contribution >= 4 is 11.9 Å². The average molecular weight is 396 g/mol. The zero-order valence-corrected chi connectivity index (χ0v) is 15.7. The van der Waals surface area contributed by atoms with Crippen LogP contribution in [-0.4, -0.2) is 44.7 Å². The van der Waals surface area contributed by atoms with Crippen molar-refractivity contribution in [3.8, 4) is 17.3 Å². The van der Waals surface area contributed by atoms with Gasteiger partial charge in [0, 0.05) is 30.7 Å². The third-order valence-corrected chi connectivity index (χ3v) is 3.89. The van der Waals surface area contributed by atoms with E-state index in [0.717, 1.165) is 11.4 Å². The summed E-state index contributed by atoms with van der Waals surface area (Å²) >= 11 is 0. The number of nitrogens with zero attached hydrogens (tertiary/aromatic N) is 3. The van der Waals surface area contributed by atoms with Gasteiger partial charge < -0.3 is 19.9 Å². The number of benzene rings is 1. The van der Waals surface area contributed by atoms with E-state index in [4.69, 9.17) is 14.6 Å². The summed E-state index contributed by atoms with van der Waals surface area (Å²) in [6.45, 7) is 1.95. The van der Waals surface area contributed by atoms with Gasteiger partial charge in [-0.25, -0.2) is 14.8 Å². The number of ether oxygens (including phenoxy) is 2. The van der Waals surface area contributed by atoms with Crippen LogP contribution in [0.15, 0.2) is 55.2 Å². The van der Waals surface area contributed by atoms with E-state index in [0.29, 0.717) is 24.5 Å². The van der Waals surface area contributed by atoms with Crippen LogP contribution in [0.4, 0.5) is 0 Å². The minimum atomic E-state index is -1.10. The zero-order valence-electron chi connectivity index (χ0n) is 15.7. The Morgan fingerprint density at radius 1 is 1.17 bits per heavy atom. The lowest BCUT2D eigenvalue weighted by atomic mass is 10.1. The molecule has 0 atom stereocenters. The lowest BCUT2D eigenvalue weighted by Gasteiger charge is -2.12. The van der Waals surface area contributed by atoms with Crippen molar-refractivity contribution in [2.24, 2.45) is 0 Å². The smallest absolute Gasteiger partial charge is 0.341 e. The topological polar surface area (TPSA) is 116 Å². The second-order valence-electron chi connectivity index (χ2n) is 5.95. The Labute approximate surface area is 166 Å². The van der Waals surface area contributed by atoms with Crippen molar-refractivity contribution in [1.82, 2.24) is 19.9 Å². The Morgan fingerprint density at radius 2 is 2.03 bits per heavy atom. The molecular formula is C20H20N4O5. The number of aromatic nitrogens is 3. The summed E-state index contributed by atoms with van der Waals surface area (Å²) in [5.74, 6) is -0.0786. The first-order chi connectivity index (χ1) is 14.1. The van der Waals surface area contributed by atoms with E-state index in [2.05, 4.69) is 15.3 Å². The van der Waals surface area contributed by atoms with Crippen molar-refractivity contribution in [3.63, 3.8) is 0 Å². The van der Waals surface area contributed by atoms with E-state index in [1.54, 1.807) is 42.5 Å². The van der Waals surface area contributed by atoms with Gasteiger partial charge in [-0.3, -0.25) is 9.36 Å². The molecule has 0 spiro atoms. The van der Waals surface area contributed by atoms with Gasteiger partial charge in [-0.15, -0.1) is 0 Å². The van der Waals surface area contributed by atoms with Gasteiger partial charge in [0.15, 0.2) is 18.1 Å². The van der Waals surface area contributed by atoms with Crippen LogP contribution in [0.1, 0.15) is 22.8 Å². The first-order valence-electron chi connectivity index (χ1n) is 8.89. The normalized spacial score (nSPS) is 10.4. The monoisotopic (exact) mass is 396 g/mol. The molecule has 2 N–H and O–H groups in total. The molecule has 9 heteroatoms. The molecule has 29 heavy (non-hydrogen) atoms. The number of hydrogen-bond donors (Lipinski definition) is 2. The summed E-state index contributed by atoms with van der Waals surface area (Å²) in [5, 5.41) is 11.6. The molecular weight excluding hydrogens is 376 g/mol. The second kappa shape index (κ2) is 9.36. The number of carboxylic acid groups (broad SMARTS) is 1. The maximum Gasteiger partial charge on any atom is 0.341 e. The fourth-order valence-corrected chi connectivity index (χ4v) is 2.53. The number of aliphatic carboxylic acids is 1. The number of carbonyl (C=O) groups excluding carboxylic acids is 1. The van der Waals surface area contributed by atoms with Crippen molar-refractivity contribution in [2.45, 2.75) is 13.5 Å². The molecule has 2 aromatic heterocycles. The number of nitrogens with one attached hydrogen (secondary N) is 1. The number of hydrogen-bond acceptors (Lipinski definition) is 6. The minimum Gasteiger partial charge on any atom is -0.490 e. The Kier molecular flexibility index (Phi) is 6.41. The SMILES string of the molecule is CCOc1cc(C(=O)NCc2ccc(-n3ccnc3)nc2)ccc1OCC(=O)O. The standard InChI is InChI=1S/C20H20N4O5/c1-2-28-17-9-15(4-5-16(17)29-12-19(25)26)20(27)23-11-14-3-6-18(22-10-14)24-8-7-21-13-24/h3-10,13H,2,11-12H2,1H3,(H,23,27)(H,25,26). The van der Waals surface area contributed by atoms with Crippen molar-refractivity contribution in [1.29, 1.82) is 0 Å². The molecule has 0 aliphatic carbocycles. The van der Waals surface area contributed by atoms with E-state index in [-0.39, 0.29) is 11.7 Å². The maximum absolute atomic E-state index is 12.5. The summed E-state index contributed by atoms with van der Waals surface area (Å²) in [6.07, 6.45) is 6.81. The summed E-state index contributed by atoms with van der Waals surface area (Å²) in [6, 6.07) is 8.30. The Balaban J connectivity index is 1.63. The number of amides is 1. The van der Waals surface area contributed by atoms with E-state index < -0.39 is 12.6 Å². The first kappa shape index (κ1) is 19.9. The fraction of sp³-hybridized carbons (Fsp3) is 0.200. The van der Waals surface area contributed by atoms with Gasteiger partial charge in [-0.2, -0.15) is 0 Å². The number of rotatable bonds is 9. The molecule has 0 aliphatic heterocycles. The van der Waals surface area contributed by atoms with Crippen LogP contribution in [0.2, 0.25) is 0 Å². The minimum absolute atomic E-state index is 0.269. The molecule has 150 valence electrons. The van der Waals surface area contributed by atoms with E-state index >= 15 is 0 Å². The van der Waals surface area contributed by atoms with Gasteiger partial charge in [-0.1, -0.05) is 6.07 Å². The quantitative estimate of drug-likeness (QED) is 0.569. The van der Waals surface area contributed by atoms with Crippen LogP contribution >= 0.6 is 0 Å². The van der Waals surface area contributed by atoms with Crippen LogP contribution in [-0.2, 0) is 11.3 Å². The Hall–Kier alpha value is -3.88. The van der Waals surface area contributed by atoms with Crippen LogP contribution in [0.5, 0.6) is 11.5 Å². The van der Waals surface area contributed by atoms with E-state index in [9.17, 15) is 9.59 Å². The van der Waals surface area contributed by atoms with Crippen molar-refractivity contribution < 1.29 is 24.2 Å². The number of carbonyl (C=O) groups is 2. The first-order valence-corrected chi connectivity index (χ1v) is 8.89. The largest absolute Gasteiger partial charge is 0.490 e. The van der Waals surface area contributed by atoms with Crippen molar-refractivity contribution in [3.05, 3.63) is 66.4 Å². The van der Waals surface area contributed by atoms with E-state index in [1.807, 2.05) is 12.1 Å². The molecule has 1 aromatic carbocycles. The summed E-state index contributed by atoms with van der Waals surface area (Å²) in [7, 11) is 0. The molecule has 0 radical (unpaired) electrons. The predicted octanol–water partition coefficient (Wildman–Crippen LogP) is 2.06. The second-order valence-corrected chi connectivity index (χ2v) is 5.95. The van der Waals surface area contributed by atoms with Crippen LogP contribution in [0.3, 0.4) is 0 Å². The molecule has 0 fully saturated rings.